The average molecular weight is 251 g/mol. The van der Waals surface area contributed by atoms with Crippen LogP contribution in [0.4, 0.5) is 0 Å². The van der Waals surface area contributed by atoms with E-state index in [0.29, 0.717) is 19.1 Å². The maximum atomic E-state index is 5.39. The van der Waals surface area contributed by atoms with Gasteiger partial charge in [-0.05, 0) is 25.5 Å². The Morgan fingerprint density at radius 3 is 3.00 bits per heavy atom. The Kier molecular flexibility index (Phi) is 6.75. The van der Waals surface area contributed by atoms with Gasteiger partial charge in [-0.25, -0.2) is 10.8 Å². The molecule has 0 fully saturated rings. The number of aliphatic imine (C=N–C) groups is 1. The van der Waals surface area contributed by atoms with Crippen molar-refractivity contribution >= 4 is 5.96 Å². The molecule has 0 saturated heterocycles. The van der Waals surface area contributed by atoms with Crippen molar-refractivity contribution in [1.29, 1.82) is 0 Å². The zero-order chi connectivity index (χ0) is 13.2. The number of pyridine rings is 1. The molecule has 0 spiro atoms. The molecule has 0 saturated carbocycles. The van der Waals surface area contributed by atoms with Crippen LogP contribution in [0.15, 0.2) is 23.2 Å². The summed E-state index contributed by atoms with van der Waals surface area (Å²) < 4.78 is 4.96. The SMILES string of the molecule is COCCCNC(=NCc1cccc(C)n1)NN. The number of ether oxygens (including phenoxy) is 1. The summed E-state index contributed by atoms with van der Waals surface area (Å²) in [5.41, 5.74) is 4.44. The van der Waals surface area contributed by atoms with Gasteiger partial charge in [-0.3, -0.25) is 10.4 Å². The van der Waals surface area contributed by atoms with Crippen molar-refractivity contribution < 1.29 is 4.74 Å². The van der Waals surface area contributed by atoms with Gasteiger partial charge in [0.25, 0.3) is 0 Å². The molecule has 1 rings (SSSR count). The largest absolute Gasteiger partial charge is 0.385 e. The minimum absolute atomic E-state index is 0.499. The summed E-state index contributed by atoms with van der Waals surface area (Å²) in [6.07, 6.45) is 0.903. The van der Waals surface area contributed by atoms with Crippen molar-refractivity contribution in [2.24, 2.45) is 10.8 Å². The molecule has 0 amide bonds. The van der Waals surface area contributed by atoms with Crippen LogP contribution < -0.4 is 16.6 Å². The normalized spacial score (nSPS) is 11.4. The second-order valence-corrected chi connectivity index (χ2v) is 3.85. The topological polar surface area (TPSA) is 84.6 Å². The van der Waals surface area contributed by atoms with Crippen LogP contribution in [0.25, 0.3) is 0 Å². The first-order valence-electron chi connectivity index (χ1n) is 5.92. The second-order valence-electron chi connectivity index (χ2n) is 3.85. The molecular weight excluding hydrogens is 230 g/mol. The number of rotatable bonds is 6. The highest BCUT2D eigenvalue weighted by atomic mass is 16.5. The Morgan fingerprint density at radius 1 is 1.50 bits per heavy atom. The molecule has 1 aromatic heterocycles. The third-order valence-corrected chi connectivity index (χ3v) is 2.30. The van der Waals surface area contributed by atoms with Gasteiger partial charge in [0.15, 0.2) is 0 Å². The lowest BCUT2D eigenvalue weighted by Gasteiger charge is -2.08. The molecule has 0 aliphatic carbocycles. The van der Waals surface area contributed by atoms with Gasteiger partial charge in [0.2, 0.25) is 5.96 Å². The Bertz CT molecular complexity index is 380. The number of hydrazine groups is 1. The fraction of sp³-hybridized carbons (Fsp3) is 0.500. The molecule has 6 nitrogen and oxygen atoms in total. The van der Waals surface area contributed by atoms with Crippen molar-refractivity contribution in [2.75, 3.05) is 20.3 Å². The maximum Gasteiger partial charge on any atom is 0.206 e. The van der Waals surface area contributed by atoms with Gasteiger partial charge >= 0.3 is 0 Å². The Morgan fingerprint density at radius 2 is 2.33 bits per heavy atom. The number of aryl methyl sites for hydroxylation is 1. The molecular formula is C12H21N5O. The smallest absolute Gasteiger partial charge is 0.206 e. The van der Waals surface area contributed by atoms with Gasteiger partial charge in [-0.2, -0.15) is 0 Å². The number of hydrogen-bond acceptors (Lipinski definition) is 4. The van der Waals surface area contributed by atoms with E-state index in [1.165, 1.54) is 0 Å². The van der Waals surface area contributed by atoms with Crippen LogP contribution in [0.5, 0.6) is 0 Å². The number of nitrogens with one attached hydrogen (secondary N) is 2. The average Bonchev–Trinajstić information content (AvgIpc) is 2.38. The zero-order valence-electron chi connectivity index (χ0n) is 10.9. The molecule has 0 aliphatic rings. The van der Waals surface area contributed by atoms with Crippen molar-refractivity contribution in [1.82, 2.24) is 15.7 Å². The van der Waals surface area contributed by atoms with Gasteiger partial charge in [0.05, 0.1) is 12.2 Å². The van der Waals surface area contributed by atoms with E-state index >= 15 is 0 Å². The molecule has 0 unspecified atom stereocenters. The molecule has 0 aliphatic heterocycles. The first-order valence-corrected chi connectivity index (χ1v) is 5.92. The first-order chi connectivity index (χ1) is 8.76. The van der Waals surface area contributed by atoms with Crippen LogP contribution >= 0.6 is 0 Å². The molecule has 0 aromatic carbocycles. The monoisotopic (exact) mass is 251 g/mol. The van der Waals surface area contributed by atoms with E-state index in [4.69, 9.17) is 10.6 Å². The number of hydrogen-bond donors (Lipinski definition) is 3. The number of methoxy groups -OCH3 is 1. The van der Waals surface area contributed by atoms with Gasteiger partial charge in [0.1, 0.15) is 0 Å². The van der Waals surface area contributed by atoms with E-state index in [-0.39, 0.29) is 0 Å². The van der Waals surface area contributed by atoms with Crippen LogP contribution in [0.3, 0.4) is 0 Å². The fourth-order valence-electron chi connectivity index (χ4n) is 1.42. The lowest BCUT2D eigenvalue weighted by atomic mass is 10.3. The third-order valence-electron chi connectivity index (χ3n) is 2.30. The summed E-state index contributed by atoms with van der Waals surface area (Å²) in [6.45, 7) is 3.93. The van der Waals surface area contributed by atoms with Crippen LogP contribution in [-0.2, 0) is 11.3 Å². The Hall–Kier alpha value is -1.66. The predicted octanol–water partition coefficient (Wildman–Crippen LogP) is 0.335. The summed E-state index contributed by atoms with van der Waals surface area (Å²) in [6, 6.07) is 5.86. The van der Waals surface area contributed by atoms with Crippen LogP contribution in [-0.4, -0.2) is 31.2 Å². The van der Waals surface area contributed by atoms with Crippen LogP contribution in [0.2, 0.25) is 0 Å². The quantitative estimate of drug-likeness (QED) is 0.223. The number of guanidine groups is 1. The van der Waals surface area contributed by atoms with Crippen molar-refractivity contribution in [2.45, 2.75) is 19.9 Å². The predicted molar refractivity (Wildman–Crippen MR) is 71.9 cm³/mol. The zero-order valence-corrected chi connectivity index (χ0v) is 10.9. The standard InChI is InChI=1S/C12H21N5O/c1-10-5-3-6-11(16-10)9-15-12(17-13)14-7-4-8-18-2/h3,5-6H,4,7-9,13H2,1-2H3,(H2,14,15,17). The molecule has 0 bridgehead atoms. The minimum atomic E-state index is 0.499. The Labute approximate surface area is 108 Å². The van der Waals surface area contributed by atoms with Crippen LogP contribution in [0, 0.1) is 6.92 Å². The highest BCUT2D eigenvalue weighted by Gasteiger charge is 1.97. The molecule has 6 heteroatoms. The summed E-state index contributed by atoms with van der Waals surface area (Å²) in [7, 11) is 1.68. The summed E-state index contributed by atoms with van der Waals surface area (Å²) >= 11 is 0. The molecule has 100 valence electrons. The first kappa shape index (κ1) is 14.4. The van der Waals surface area contributed by atoms with E-state index in [0.717, 1.165) is 24.4 Å². The van der Waals surface area contributed by atoms with E-state index in [9.17, 15) is 0 Å². The fourth-order valence-corrected chi connectivity index (χ4v) is 1.42. The van der Waals surface area contributed by atoms with E-state index < -0.39 is 0 Å². The lowest BCUT2D eigenvalue weighted by Crippen LogP contribution is -2.42. The number of aromatic nitrogens is 1. The Balaban J connectivity index is 2.42. The van der Waals surface area contributed by atoms with Crippen LogP contribution in [0.1, 0.15) is 17.8 Å². The highest BCUT2D eigenvalue weighted by molar-refractivity contribution is 5.79. The van der Waals surface area contributed by atoms with E-state index in [1.54, 1.807) is 7.11 Å². The number of nitrogens with zero attached hydrogens (tertiary/aromatic N) is 2. The summed E-state index contributed by atoms with van der Waals surface area (Å²) in [4.78, 5) is 8.68. The highest BCUT2D eigenvalue weighted by Crippen LogP contribution is 1.99. The minimum Gasteiger partial charge on any atom is -0.385 e. The van der Waals surface area contributed by atoms with Crippen molar-refractivity contribution in [3.05, 3.63) is 29.6 Å². The van der Waals surface area contributed by atoms with Gasteiger partial charge in [0, 0.05) is 26.0 Å². The third kappa shape index (κ3) is 5.60. The number of nitrogens with two attached hydrogens (primary N) is 1. The summed E-state index contributed by atoms with van der Waals surface area (Å²) in [5.74, 6) is 5.95. The van der Waals surface area contributed by atoms with E-state index in [2.05, 4.69) is 20.7 Å². The summed E-state index contributed by atoms with van der Waals surface area (Å²) in [5, 5.41) is 3.10. The van der Waals surface area contributed by atoms with Crippen molar-refractivity contribution in [3.63, 3.8) is 0 Å². The second kappa shape index (κ2) is 8.43. The molecule has 1 heterocycles. The maximum absolute atomic E-state index is 5.39. The molecule has 1 aromatic rings. The van der Waals surface area contributed by atoms with E-state index in [1.807, 2.05) is 25.1 Å². The van der Waals surface area contributed by atoms with Crippen molar-refractivity contribution in [3.8, 4) is 0 Å². The molecule has 18 heavy (non-hydrogen) atoms. The lowest BCUT2D eigenvalue weighted by molar-refractivity contribution is 0.195. The molecule has 0 atom stereocenters. The van der Waals surface area contributed by atoms with Gasteiger partial charge in [-0.1, -0.05) is 6.07 Å². The molecule has 0 radical (unpaired) electrons. The van der Waals surface area contributed by atoms with Gasteiger partial charge in [-0.15, -0.1) is 0 Å². The molecule has 4 N–H and O–H groups in total. The van der Waals surface area contributed by atoms with Gasteiger partial charge < -0.3 is 10.1 Å².